The van der Waals surface area contributed by atoms with E-state index in [0.717, 1.165) is 6.42 Å². The van der Waals surface area contributed by atoms with Crippen molar-refractivity contribution in [1.29, 1.82) is 0 Å². The van der Waals surface area contributed by atoms with Crippen molar-refractivity contribution in [1.82, 2.24) is 0 Å². The third kappa shape index (κ3) is 3.88. The van der Waals surface area contributed by atoms with Crippen LogP contribution in [-0.4, -0.2) is 27.9 Å². The minimum atomic E-state index is -4.62. The zero-order valence-corrected chi connectivity index (χ0v) is 21.6. The molecule has 3 nitrogen and oxygen atoms in total. The zero-order valence-electron chi connectivity index (χ0n) is 15.9. The van der Waals surface area contributed by atoms with Crippen LogP contribution in [0.3, 0.4) is 0 Å². The van der Waals surface area contributed by atoms with E-state index in [2.05, 4.69) is 77.0 Å². The Labute approximate surface area is 140 Å². The van der Waals surface area contributed by atoms with E-state index < -0.39 is 26.9 Å². The van der Waals surface area contributed by atoms with Gasteiger partial charge in [-0.3, -0.25) is 0 Å². The molecule has 0 bridgehead atoms. The number of hydrogen-bond donors (Lipinski definition) is 0. The van der Waals surface area contributed by atoms with Crippen molar-refractivity contribution in [2.45, 2.75) is 83.5 Å². The Hall–Kier alpha value is 0.773. The quantitative estimate of drug-likeness (QED) is 0.389. The molecule has 5 heteroatoms. The fraction of sp³-hybridized carbons (Fsp3) is 0.765. The average Bonchev–Trinajstić information content (AvgIpc) is 2.77. The molecule has 0 fully saturated rings. The summed E-state index contributed by atoms with van der Waals surface area (Å²) in [6, 6.07) is 0. The minimum absolute atomic E-state index is 0.110. The van der Waals surface area contributed by atoms with Crippen LogP contribution in [0.4, 0.5) is 0 Å². The molecule has 0 aromatic heterocycles. The van der Waals surface area contributed by atoms with Crippen molar-refractivity contribution < 1.29 is 25.9 Å². The molecule has 1 rings (SSSR count). The molecule has 22 heavy (non-hydrogen) atoms. The topological polar surface area (TPSA) is 27.7 Å². The molecule has 0 spiro atoms. The summed E-state index contributed by atoms with van der Waals surface area (Å²) in [6.07, 6.45) is 7.81. The molecule has 0 saturated carbocycles. The summed E-state index contributed by atoms with van der Waals surface area (Å²) < 4.78 is 21.9. The third-order valence-corrected chi connectivity index (χ3v) is 84.3. The molecule has 0 aromatic rings. The van der Waals surface area contributed by atoms with Gasteiger partial charge in [0.2, 0.25) is 0 Å². The molecule has 1 aliphatic carbocycles. The third-order valence-electron chi connectivity index (χ3n) is 3.97. The van der Waals surface area contributed by atoms with Gasteiger partial charge in [-0.1, -0.05) is 0 Å². The van der Waals surface area contributed by atoms with E-state index in [-0.39, 0.29) is 18.3 Å². The second kappa shape index (κ2) is 7.34. The van der Waals surface area contributed by atoms with Crippen LogP contribution in [0.15, 0.2) is 21.6 Å². The van der Waals surface area contributed by atoms with Gasteiger partial charge in [-0.2, -0.15) is 0 Å². The Bertz CT molecular complexity index is 418. The summed E-state index contributed by atoms with van der Waals surface area (Å²) in [4.78, 5) is 0. The average molecular weight is 539 g/mol. The standard InChI is InChI=1S/C5H5.C3H9Ge.3C3H7O.Hf/c1-2-4-5-3-1;1-4(2)3;3*1-3(2)4;/h1-3H,4H2;1-3H3;3*3H,1-2H3;/q;;3*-1;+3. The first-order valence-corrected chi connectivity index (χ1v) is 31.4. The molecule has 0 aliphatic heterocycles. The normalized spacial score (nSPS) is 18.2. The van der Waals surface area contributed by atoms with Gasteiger partial charge in [0.05, 0.1) is 0 Å². The summed E-state index contributed by atoms with van der Waals surface area (Å²) in [6.45, 7) is 12.7. The SMILES string of the molecule is CC(C)[O][Hf]([O]C(C)C)([O]C(C)C)([C]1=CC=CC1)[Ge]([CH3])([CH3])[CH3]. The first kappa shape index (κ1) is 20.8. The Morgan fingerprint density at radius 2 is 1.27 bits per heavy atom. The molecule has 0 atom stereocenters. The van der Waals surface area contributed by atoms with E-state index in [9.17, 15) is 0 Å². The van der Waals surface area contributed by atoms with Crippen molar-refractivity contribution in [2.24, 2.45) is 0 Å². The van der Waals surface area contributed by atoms with Crippen LogP contribution in [0.25, 0.3) is 0 Å². The van der Waals surface area contributed by atoms with Crippen LogP contribution in [-0.2, 0) is 25.9 Å². The maximum absolute atomic E-state index is 6.85. The molecule has 0 N–H and O–H groups in total. The monoisotopic (exact) mass is 541 g/mol. The van der Waals surface area contributed by atoms with Crippen molar-refractivity contribution in [3.8, 4) is 0 Å². The molecule has 0 radical (unpaired) electrons. The second-order valence-corrected chi connectivity index (χ2v) is 72.3. The van der Waals surface area contributed by atoms with Crippen molar-refractivity contribution in [3.63, 3.8) is 0 Å². The van der Waals surface area contributed by atoms with Crippen molar-refractivity contribution in [2.75, 3.05) is 0 Å². The molecule has 0 aromatic carbocycles. The van der Waals surface area contributed by atoms with E-state index in [1.807, 2.05) is 0 Å². The molecular formula is C17H35GeHfO3. The van der Waals surface area contributed by atoms with E-state index in [1.54, 1.807) is 0 Å². The number of hydrogen-bond acceptors (Lipinski definition) is 3. The van der Waals surface area contributed by atoms with Crippen LogP contribution in [0, 0.1) is 0 Å². The maximum atomic E-state index is 6.85. The molecule has 129 valence electrons. The van der Waals surface area contributed by atoms with E-state index in [0.29, 0.717) is 0 Å². The number of allylic oxidation sites excluding steroid dienone is 4. The summed E-state index contributed by atoms with van der Waals surface area (Å²) in [5, 5.41) is 0. The molecule has 0 amide bonds. The van der Waals surface area contributed by atoms with Gasteiger partial charge in [-0.25, -0.2) is 0 Å². The Morgan fingerprint density at radius 3 is 1.50 bits per heavy atom. The van der Waals surface area contributed by atoms with Crippen LogP contribution < -0.4 is 0 Å². The summed E-state index contributed by atoms with van der Waals surface area (Å²) >= 11 is -4.62. The predicted molar refractivity (Wildman–Crippen MR) is 93.8 cm³/mol. The van der Waals surface area contributed by atoms with Gasteiger partial charge in [-0.05, 0) is 0 Å². The van der Waals surface area contributed by atoms with Crippen LogP contribution in [0.5, 0.6) is 0 Å². The van der Waals surface area contributed by atoms with E-state index in [4.69, 9.17) is 8.56 Å². The Balaban J connectivity index is 3.65. The van der Waals surface area contributed by atoms with Gasteiger partial charge >= 0.3 is 141 Å². The second-order valence-electron chi connectivity index (χ2n) is 8.06. The molecule has 0 heterocycles. The number of rotatable bonds is 8. The summed E-state index contributed by atoms with van der Waals surface area (Å²) in [5.74, 6) is 7.21. The van der Waals surface area contributed by atoms with Crippen molar-refractivity contribution in [3.05, 3.63) is 21.6 Å². The summed E-state index contributed by atoms with van der Waals surface area (Å²) in [7, 11) is -2.49. The Morgan fingerprint density at radius 1 is 0.864 bits per heavy atom. The van der Waals surface area contributed by atoms with Gasteiger partial charge in [0, 0.05) is 0 Å². The van der Waals surface area contributed by atoms with Crippen LogP contribution in [0.1, 0.15) is 48.0 Å². The molecular weight excluding hydrogens is 503 g/mol. The first-order valence-electron chi connectivity index (χ1n) is 8.50. The zero-order chi connectivity index (χ0) is 17.2. The predicted octanol–water partition coefficient (Wildman–Crippen LogP) is 5.37. The fourth-order valence-corrected chi connectivity index (χ4v) is 75.3. The summed E-state index contributed by atoms with van der Waals surface area (Å²) in [5.41, 5.74) is 0. The van der Waals surface area contributed by atoms with Gasteiger partial charge in [0.15, 0.2) is 0 Å². The van der Waals surface area contributed by atoms with E-state index in [1.165, 1.54) is 3.33 Å². The molecule has 0 saturated heterocycles. The van der Waals surface area contributed by atoms with Crippen molar-refractivity contribution >= 4 is 9.55 Å². The van der Waals surface area contributed by atoms with Crippen LogP contribution in [0.2, 0.25) is 17.3 Å². The molecule has 1 aliphatic rings. The van der Waals surface area contributed by atoms with Gasteiger partial charge in [0.1, 0.15) is 0 Å². The van der Waals surface area contributed by atoms with Gasteiger partial charge < -0.3 is 0 Å². The van der Waals surface area contributed by atoms with Gasteiger partial charge in [-0.15, -0.1) is 0 Å². The fourth-order valence-electron chi connectivity index (χ4n) is 3.37. The van der Waals surface area contributed by atoms with Gasteiger partial charge in [0.25, 0.3) is 0 Å². The van der Waals surface area contributed by atoms with Crippen LogP contribution >= 0.6 is 0 Å². The first-order chi connectivity index (χ1) is 9.94. The molecule has 0 unspecified atom stereocenters. The van der Waals surface area contributed by atoms with E-state index >= 15 is 0 Å². The Kier molecular flexibility index (Phi) is 6.95.